The van der Waals surface area contributed by atoms with Gasteiger partial charge in [-0.05, 0) is 56.2 Å². The number of ketones is 1. The fourth-order valence-electron chi connectivity index (χ4n) is 2.28. The van der Waals surface area contributed by atoms with Crippen LogP contribution < -0.4 is 5.32 Å². The van der Waals surface area contributed by atoms with Crippen LogP contribution in [0.4, 0.5) is 0 Å². The molecule has 136 valence electrons. The number of carbonyl (C=O) groups excluding carboxylic acids is 3. The number of Topliss-reactive ketones (excluding diaryl/α,β-unsaturated/α-hetero) is 1. The van der Waals surface area contributed by atoms with Crippen LogP contribution in [0.15, 0.2) is 46.9 Å². The molecule has 0 bridgehead atoms. The van der Waals surface area contributed by atoms with Crippen LogP contribution in [-0.4, -0.2) is 30.3 Å². The van der Waals surface area contributed by atoms with Gasteiger partial charge in [-0.3, -0.25) is 14.4 Å². The zero-order valence-electron chi connectivity index (χ0n) is 14.8. The van der Waals surface area contributed by atoms with Crippen LogP contribution in [0, 0.1) is 13.8 Å². The molecule has 0 aliphatic carbocycles. The third-order valence-electron chi connectivity index (χ3n) is 3.97. The molecule has 0 fully saturated rings. The van der Waals surface area contributed by atoms with Gasteiger partial charge >= 0.3 is 5.97 Å². The molecule has 0 unspecified atom stereocenters. The average Bonchev–Trinajstić information content (AvgIpc) is 2.62. The molecular weight excluding hydrogens is 398 g/mol. The number of esters is 1. The molecule has 0 radical (unpaired) electrons. The number of halogens is 1. The van der Waals surface area contributed by atoms with Gasteiger partial charge in [0.2, 0.25) is 5.78 Å². The predicted octanol–water partition coefficient (Wildman–Crippen LogP) is 3.61. The van der Waals surface area contributed by atoms with Crippen molar-refractivity contribution in [2.75, 3.05) is 6.54 Å². The van der Waals surface area contributed by atoms with Gasteiger partial charge in [0.1, 0.15) is 6.54 Å². The summed E-state index contributed by atoms with van der Waals surface area (Å²) < 4.78 is 5.97. The Balaban J connectivity index is 1.87. The minimum Gasteiger partial charge on any atom is -0.453 e. The Hall–Kier alpha value is -2.47. The van der Waals surface area contributed by atoms with Gasteiger partial charge < -0.3 is 10.1 Å². The Morgan fingerprint density at radius 2 is 1.62 bits per heavy atom. The summed E-state index contributed by atoms with van der Waals surface area (Å²) in [4.78, 5) is 36.2. The zero-order chi connectivity index (χ0) is 19.3. The zero-order valence-corrected chi connectivity index (χ0v) is 16.4. The van der Waals surface area contributed by atoms with Crippen molar-refractivity contribution >= 4 is 33.6 Å². The van der Waals surface area contributed by atoms with Crippen molar-refractivity contribution in [3.8, 4) is 0 Å². The molecule has 2 aromatic rings. The minimum absolute atomic E-state index is 0.300. The Bertz CT molecular complexity index is 830. The van der Waals surface area contributed by atoms with E-state index in [0.29, 0.717) is 11.1 Å². The van der Waals surface area contributed by atoms with Crippen LogP contribution in [0.3, 0.4) is 0 Å². The molecule has 2 aromatic carbocycles. The van der Waals surface area contributed by atoms with Crippen LogP contribution in [0.1, 0.15) is 38.8 Å². The molecule has 2 rings (SSSR count). The summed E-state index contributed by atoms with van der Waals surface area (Å²) in [6, 6.07) is 12.1. The summed E-state index contributed by atoms with van der Waals surface area (Å²) in [6.07, 6.45) is -0.929. The van der Waals surface area contributed by atoms with Gasteiger partial charge in [-0.25, -0.2) is 0 Å². The van der Waals surface area contributed by atoms with Gasteiger partial charge in [0.25, 0.3) is 5.91 Å². The maximum absolute atomic E-state index is 12.2. The van der Waals surface area contributed by atoms with Crippen molar-refractivity contribution in [3.63, 3.8) is 0 Å². The molecule has 1 amide bonds. The number of benzene rings is 2. The lowest BCUT2D eigenvalue weighted by Gasteiger charge is -2.13. The molecule has 1 atom stereocenters. The summed E-state index contributed by atoms with van der Waals surface area (Å²) >= 11 is 3.30. The molecule has 0 heterocycles. The highest BCUT2D eigenvalue weighted by atomic mass is 79.9. The van der Waals surface area contributed by atoms with E-state index in [4.69, 9.17) is 4.74 Å². The average molecular weight is 418 g/mol. The monoisotopic (exact) mass is 417 g/mol. The van der Waals surface area contributed by atoms with E-state index in [-0.39, 0.29) is 18.2 Å². The standard InChI is InChI=1S/C20H20BrNO4/c1-12-4-5-16(10-13(12)2)20(25)22-11-18(23)26-14(3)19(24)15-6-8-17(21)9-7-15/h4-10,14H,11H2,1-3H3,(H,22,25)/t14-/m1/s1. The second-order valence-corrected chi connectivity index (χ2v) is 6.90. The second kappa shape index (κ2) is 8.76. The molecule has 0 aliphatic heterocycles. The van der Waals surface area contributed by atoms with E-state index < -0.39 is 12.1 Å². The Labute approximate surface area is 160 Å². The minimum atomic E-state index is -0.929. The second-order valence-electron chi connectivity index (χ2n) is 5.98. The third-order valence-corrected chi connectivity index (χ3v) is 4.50. The quantitative estimate of drug-likeness (QED) is 0.575. The van der Waals surface area contributed by atoms with Crippen LogP contribution in [0.5, 0.6) is 0 Å². The number of ether oxygens (including phenoxy) is 1. The van der Waals surface area contributed by atoms with E-state index in [9.17, 15) is 14.4 Å². The number of rotatable bonds is 6. The number of hydrogen-bond acceptors (Lipinski definition) is 4. The first-order chi connectivity index (χ1) is 12.3. The van der Waals surface area contributed by atoms with Crippen LogP contribution in [0.2, 0.25) is 0 Å². The summed E-state index contributed by atoms with van der Waals surface area (Å²) in [5.74, 6) is -1.33. The predicted molar refractivity (Wildman–Crippen MR) is 102 cm³/mol. The molecule has 0 aromatic heterocycles. The van der Waals surface area contributed by atoms with Crippen molar-refractivity contribution in [1.29, 1.82) is 0 Å². The van der Waals surface area contributed by atoms with E-state index in [1.807, 2.05) is 19.9 Å². The topological polar surface area (TPSA) is 72.5 Å². The van der Waals surface area contributed by atoms with E-state index in [1.165, 1.54) is 6.92 Å². The summed E-state index contributed by atoms with van der Waals surface area (Å²) in [5, 5.41) is 2.51. The Morgan fingerprint density at radius 1 is 1.00 bits per heavy atom. The van der Waals surface area contributed by atoms with Crippen LogP contribution in [0.25, 0.3) is 0 Å². The molecular formula is C20H20BrNO4. The fourth-order valence-corrected chi connectivity index (χ4v) is 2.54. The first-order valence-corrected chi connectivity index (χ1v) is 8.92. The van der Waals surface area contributed by atoms with Crippen molar-refractivity contribution in [3.05, 3.63) is 69.2 Å². The number of aryl methyl sites for hydroxylation is 2. The van der Waals surface area contributed by atoms with Gasteiger partial charge in [-0.1, -0.05) is 34.1 Å². The molecule has 5 nitrogen and oxygen atoms in total. The normalized spacial score (nSPS) is 11.5. The molecule has 1 N–H and O–H groups in total. The maximum atomic E-state index is 12.2. The molecule has 0 saturated carbocycles. The SMILES string of the molecule is Cc1ccc(C(=O)NCC(=O)O[C@H](C)C(=O)c2ccc(Br)cc2)cc1C. The van der Waals surface area contributed by atoms with E-state index >= 15 is 0 Å². The Morgan fingerprint density at radius 3 is 2.23 bits per heavy atom. The highest BCUT2D eigenvalue weighted by Gasteiger charge is 2.20. The van der Waals surface area contributed by atoms with Gasteiger partial charge in [-0.2, -0.15) is 0 Å². The molecule has 0 aliphatic rings. The molecule has 6 heteroatoms. The fraction of sp³-hybridized carbons (Fsp3) is 0.250. The highest BCUT2D eigenvalue weighted by Crippen LogP contribution is 2.13. The number of nitrogens with one attached hydrogen (secondary N) is 1. The number of hydrogen-bond donors (Lipinski definition) is 1. The van der Waals surface area contributed by atoms with Crippen molar-refractivity contribution in [1.82, 2.24) is 5.32 Å². The van der Waals surface area contributed by atoms with E-state index in [2.05, 4.69) is 21.2 Å². The Kier molecular flexibility index (Phi) is 6.69. The lowest BCUT2D eigenvalue weighted by atomic mass is 10.1. The summed E-state index contributed by atoms with van der Waals surface area (Å²) in [6.45, 7) is 5.07. The van der Waals surface area contributed by atoms with Crippen molar-refractivity contribution in [2.24, 2.45) is 0 Å². The first kappa shape index (κ1) is 19.8. The van der Waals surface area contributed by atoms with Crippen molar-refractivity contribution in [2.45, 2.75) is 26.9 Å². The lowest BCUT2D eigenvalue weighted by molar-refractivity contribution is -0.145. The highest BCUT2D eigenvalue weighted by molar-refractivity contribution is 9.10. The van der Waals surface area contributed by atoms with Gasteiger partial charge in [0, 0.05) is 15.6 Å². The van der Waals surface area contributed by atoms with E-state index in [1.54, 1.807) is 36.4 Å². The number of amides is 1. The van der Waals surface area contributed by atoms with Crippen LogP contribution in [-0.2, 0) is 9.53 Å². The lowest BCUT2D eigenvalue weighted by Crippen LogP contribution is -2.34. The van der Waals surface area contributed by atoms with Gasteiger partial charge in [0.15, 0.2) is 6.10 Å². The van der Waals surface area contributed by atoms with Gasteiger partial charge in [0.05, 0.1) is 0 Å². The molecule has 0 spiro atoms. The first-order valence-electron chi connectivity index (χ1n) is 8.12. The summed E-state index contributed by atoms with van der Waals surface area (Å²) in [7, 11) is 0. The van der Waals surface area contributed by atoms with Crippen molar-refractivity contribution < 1.29 is 19.1 Å². The maximum Gasteiger partial charge on any atom is 0.326 e. The summed E-state index contributed by atoms with van der Waals surface area (Å²) in [5.41, 5.74) is 3.00. The molecule has 26 heavy (non-hydrogen) atoms. The third kappa shape index (κ3) is 5.26. The van der Waals surface area contributed by atoms with E-state index in [0.717, 1.165) is 15.6 Å². The molecule has 0 saturated heterocycles. The largest absolute Gasteiger partial charge is 0.453 e. The number of carbonyl (C=O) groups is 3. The van der Waals surface area contributed by atoms with Crippen LogP contribution >= 0.6 is 15.9 Å². The van der Waals surface area contributed by atoms with Gasteiger partial charge in [-0.15, -0.1) is 0 Å². The smallest absolute Gasteiger partial charge is 0.326 e.